The van der Waals surface area contributed by atoms with E-state index in [1.54, 1.807) is 10.5 Å². The van der Waals surface area contributed by atoms with E-state index in [-0.39, 0.29) is 6.04 Å². The van der Waals surface area contributed by atoms with Crippen LogP contribution in [0.25, 0.3) is 10.8 Å². The molecule has 2 aromatic rings. The van der Waals surface area contributed by atoms with Gasteiger partial charge in [-0.25, -0.2) is 12.7 Å². The molecule has 0 bridgehead atoms. The van der Waals surface area contributed by atoms with E-state index < -0.39 is 10.0 Å². The number of pyridine rings is 1. The topological polar surface area (TPSA) is 86.1 Å². The number of sulfonamides is 1. The fourth-order valence-electron chi connectivity index (χ4n) is 3.81. The van der Waals surface area contributed by atoms with Crippen molar-refractivity contribution in [3.63, 3.8) is 0 Å². The van der Waals surface area contributed by atoms with Crippen LogP contribution in [-0.2, 0) is 16.4 Å². The minimum absolute atomic E-state index is 0.215. The van der Waals surface area contributed by atoms with Crippen LogP contribution in [0.15, 0.2) is 53.9 Å². The van der Waals surface area contributed by atoms with E-state index in [2.05, 4.69) is 34.6 Å². The Balaban J connectivity index is 1.82. The van der Waals surface area contributed by atoms with E-state index in [0.717, 1.165) is 46.9 Å². The number of allylic oxidation sites excluding steroid dienone is 4. The van der Waals surface area contributed by atoms with Crippen LogP contribution in [0, 0.1) is 11.3 Å². The van der Waals surface area contributed by atoms with Gasteiger partial charge >= 0.3 is 0 Å². The highest BCUT2D eigenvalue weighted by Gasteiger charge is 2.25. The van der Waals surface area contributed by atoms with Crippen molar-refractivity contribution in [3.8, 4) is 6.07 Å². The van der Waals surface area contributed by atoms with Gasteiger partial charge < -0.3 is 5.32 Å². The Hall–Kier alpha value is -2.69. The summed E-state index contributed by atoms with van der Waals surface area (Å²) in [5.41, 5.74) is 3.83. The van der Waals surface area contributed by atoms with Crippen molar-refractivity contribution in [2.45, 2.75) is 39.2 Å². The first-order valence-electron chi connectivity index (χ1n) is 10.1. The number of aromatic nitrogens is 1. The Labute approximate surface area is 179 Å². The molecule has 0 aliphatic carbocycles. The first-order chi connectivity index (χ1) is 14.3. The minimum Gasteiger partial charge on any atom is -0.382 e. The number of fused-ring (bicyclic) bond motifs is 1. The monoisotopic (exact) mass is 424 g/mol. The van der Waals surface area contributed by atoms with Gasteiger partial charge in [-0.1, -0.05) is 18.2 Å². The smallest absolute Gasteiger partial charge is 0.211 e. The maximum atomic E-state index is 11.8. The average Bonchev–Trinajstić information content (AvgIpc) is 2.73. The molecule has 0 atom stereocenters. The standard InChI is InChI=1S/C23H28N4O2S/c1-4-19(15-24)17(2)5-6-18-13-20-7-10-25-16-22(20)23(14-18)26-21-8-11-27(12-9-21)30(3,28)29/h4-5,7,10,13-14,16,21,26H,6,8-9,11-12H2,1-3H3. The van der Waals surface area contributed by atoms with Crippen molar-refractivity contribution in [2.24, 2.45) is 0 Å². The summed E-state index contributed by atoms with van der Waals surface area (Å²) in [6.07, 6.45) is 11.1. The quantitative estimate of drug-likeness (QED) is 0.559. The summed E-state index contributed by atoms with van der Waals surface area (Å²) in [5, 5.41) is 15.0. The zero-order valence-electron chi connectivity index (χ0n) is 17.7. The summed E-state index contributed by atoms with van der Waals surface area (Å²) in [4.78, 5) is 4.28. The molecule has 1 N–H and O–H groups in total. The van der Waals surface area contributed by atoms with Crippen molar-refractivity contribution >= 4 is 26.5 Å². The molecule has 2 heterocycles. The van der Waals surface area contributed by atoms with Crippen LogP contribution in [-0.4, -0.2) is 43.1 Å². The van der Waals surface area contributed by atoms with Crippen LogP contribution in [0.2, 0.25) is 0 Å². The van der Waals surface area contributed by atoms with Crippen molar-refractivity contribution < 1.29 is 8.42 Å². The van der Waals surface area contributed by atoms with Crippen LogP contribution in [0.3, 0.4) is 0 Å². The van der Waals surface area contributed by atoms with Crippen LogP contribution in [0.1, 0.15) is 32.3 Å². The molecule has 0 amide bonds. The molecular formula is C23H28N4O2S. The summed E-state index contributed by atoms with van der Waals surface area (Å²) in [5.74, 6) is 0. The summed E-state index contributed by atoms with van der Waals surface area (Å²) in [6.45, 7) is 4.90. The van der Waals surface area contributed by atoms with Gasteiger partial charge in [0.2, 0.25) is 10.0 Å². The maximum Gasteiger partial charge on any atom is 0.211 e. The summed E-state index contributed by atoms with van der Waals surface area (Å²) >= 11 is 0. The number of rotatable bonds is 6. The zero-order valence-corrected chi connectivity index (χ0v) is 18.5. The largest absolute Gasteiger partial charge is 0.382 e. The Morgan fingerprint density at radius 3 is 2.73 bits per heavy atom. The molecule has 7 heteroatoms. The number of hydrogen-bond donors (Lipinski definition) is 1. The second-order valence-electron chi connectivity index (χ2n) is 7.73. The molecule has 1 aliphatic heterocycles. The van der Waals surface area contributed by atoms with Crippen molar-refractivity contribution in [1.29, 1.82) is 5.26 Å². The Bertz CT molecular complexity index is 1120. The number of piperidine rings is 1. The van der Waals surface area contributed by atoms with E-state index in [9.17, 15) is 13.7 Å². The Kier molecular flexibility index (Phi) is 6.91. The number of nitrogens with zero attached hydrogens (tertiary/aromatic N) is 3. The lowest BCUT2D eigenvalue weighted by Gasteiger charge is -2.31. The third-order valence-electron chi connectivity index (χ3n) is 5.58. The van der Waals surface area contributed by atoms with Crippen LogP contribution < -0.4 is 5.32 Å². The molecule has 1 fully saturated rings. The number of nitriles is 1. The second-order valence-corrected chi connectivity index (χ2v) is 9.71. The predicted octanol–water partition coefficient (Wildman–Crippen LogP) is 4.03. The van der Waals surface area contributed by atoms with Gasteiger partial charge in [-0.05, 0) is 61.8 Å². The maximum absolute atomic E-state index is 11.8. The van der Waals surface area contributed by atoms with E-state index in [0.29, 0.717) is 18.7 Å². The highest BCUT2D eigenvalue weighted by Crippen LogP contribution is 2.28. The van der Waals surface area contributed by atoms with Gasteiger partial charge in [-0.2, -0.15) is 5.26 Å². The number of hydrogen-bond acceptors (Lipinski definition) is 5. The molecule has 0 saturated carbocycles. The fraction of sp³-hybridized carbons (Fsp3) is 0.391. The van der Waals surface area contributed by atoms with Gasteiger partial charge in [0.15, 0.2) is 0 Å². The lowest BCUT2D eigenvalue weighted by Crippen LogP contribution is -2.41. The van der Waals surface area contributed by atoms with Crippen molar-refractivity contribution in [1.82, 2.24) is 9.29 Å². The third kappa shape index (κ3) is 5.26. The zero-order chi connectivity index (χ0) is 21.7. The molecule has 0 unspecified atom stereocenters. The van der Waals surface area contributed by atoms with Crippen molar-refractivity contribution in [3.05, 3.63) is 59.5 Å². The SMILES string of the molecule is CC=C(C#N)C(C)=CCc1cc(NC2CCN(S(C)(=O)=O)CC2)c2cnccc2c1. The molecule has 0 radical (unpaired) electrons. The summed E-state index contributed by atoms with van der Waals surface area (Å²) in [6, 6.07) is 8.73. The van der Waals surface area contributed by atoms with E-state index in [1.807, 2.05) is 32.2 Å². The third-order valence-corrected chi connectivity index (χ3v) is 6.88. The number of anilines is 1. The molecule has 6 nitrogen and oxygen atoms in total. The summed E-state index contributed by atoms with van der Waals surface area (Å²) in [7, 11) is -3.13. The molecule has 1 aliphatic rings. The highest BCUT2D eigenvalue weighted by atomic mass is 32.2. The molecule has 1 aromatic carbocycles. The molecular weight excluding hydrogens is 396 g/mol. The molecule has 0 spiro atoms. The lowest BCUT2D eigenvalue weighted by atomic mass is 10.00. The van der Waals surface area contributed by atoms with Gasteiger partial charge in [0.25, 0.3) is 0 Å². The average molecular weight is 425 g/mol. The highest BCUT2D eigenvalue weighted by molar-refractivity contribution is 7.88. The van der Waals surface area contributed by atoms with Gasteiger partial charge in [-0.15, -0.1) is 0 Å². The molecule has 3 rings (SSSR count). The fourth-order valence-corrected chi connectivity index (χ4v) is 4.69. The van der Waals surface area contributed by atoms with Crippen LogP contribution in [0.5, 0.6) is 0 Å². The second kappa shape index (κ2) is 9.41. The summed E-state index contributed by atoms with van der Waals surface area (Å²) < 4.78 is 25.1. The minimum atomic E-state index is -3.13. The van der Waals surface area contributed by atoms with Gasteiger partial charge in [0, 0.05) is 42.6 Å². The molecule has 1 saturated heterocycles. The Morgan fingerprint density at radius 1 is 1.37 bits per heavy atom. The lowest BCUT2D eigenvalue weighted by molar-refractivity contribution is 0.332. The van der Waals surface area contributed by atoms with Crippen LogP contribution >= 0.6 is 0 Å². The van der Waals surface area contributed by atoms with Gasteiger partial charge in [0.05, 0.1) is 17.9 Å². The van der Waals surface area contributed by atoms with E-state index in [1.165, 1.54) is 6.26 Å². The van der Waals surface area contributed by atoms with E-state index >= 15 is 0 Å². The van der Waals surface area contributed by atoms with Crippen molar-refractivity contribution in [2.75, 3.05) is 24.7 Å². The Morgan fingerprint density at radius 2 is 2.10 bits per heavy atom. The molecule has 1 aromatic heterocycles. The first-order valence-corrected chi connectivity index (χ1v) is 12.0. The van der Waals surface area contributed by atoms with E-state index in [4.69, 9.17) is 0 Å². The molecule has 158 valence electrons. The van der Waals surface area contributed by atoms with Gasteiger partial charge in [0.1, 0.15) is 0 Å². The first kappa shape index (κ1) is 22.0. The predicted molar refractivity (Wildman–Crippen MR) is 122 cm³/mol. The van der Waals surface area contributed by atoms with Gasteiger partial charge in [-0.3, -0.25) is 4.98 Å². The van der Waals surface area contributed by atoms with Crippen LogP contribution in [0.4, 0.5) is 5.69 Å². The number of benzene rings is 1. The normalized spacial score (nSPS) is 17.1. The molecule has 30 heavy (non-hydrogen) atoms. The number of nitrogens with one attached hydrogen (secondary N) is 1.